The second-order valence-corrected chi connectivity index (χ2v) is 4.41. The van der Waals surface area contributed by atoms with Crippen molar-refractivity contribution in [2.75, 3.05) is 13.2 Å². The van der Waals surface area contributed by atoms with Gasteiger partial charge in [0.25, 0.3) is 0 Å². The summed E-state index contributed by atoms with van der Waals surface area (Å²) in [7, 11) is 0. The van der Waals surface area contributed by atoms with Crippen molar-refractivity contribution in [2.45, 2.75) is 58.5 Å². The van der Waals surface area contributed by atoms with Crippen LogP contribution in [0.5, 0.6) is 0 Å². The van der Waals surface area contributed by atoms with Crippen LogP contribution in [0.1, 0.15) is 46.5 Å². The summed E-state index contributed by atoms with van der Waals surface area (Å²) in [4.78, 5) is 11.1. The molecular formula is C12H26N2O2. The lowest BCUT2D eigenvalue weighted by molar-refractivity contribution is -0.121. The van der Waals surface area contributed by atoms with Gasteiger partial charge in [0.05, 0.1) is 6.61 Å². The quantitative estimate of drug-likeness (QED) is 0.558. The van der Waals surface area contributed by atoms with Crippen molar-refractivity contribution < 1.29 is 9.53 Å². The number of primary amides is 1. The van der Waals surface area contributed by atoms with Crippen molar-refractivity contribution >= 4 is 5.91 Å². The van der Waals surface area contributed by atoms with Crippen molar-refractivity contribution in [2.24, 2.45) is 5.73 Å². The zero-order chi connectivity index (χ0) is 12.4. The number of carbonyl (C=O) groups excluding carboxylic acids is 1. The Hall–Kier alpha value is -0.610. The smallest absolute Gasteiger partial charge is 0.236 e. The van der Waals surface area contributed by atoms with Gasteiger partial charge in [0.1, 0.15) is 6.04 Å². The lowest BCUT2D eigenvalue weighted by Crippen LogP contribution is -2.47. The molecular weight excluding hydrogens is 204 g/mol. The molecule has 0 fully saturated rings. The van der Waals surface area contributed by atoms with Crippen LogP contribution in [0.2, 0.25) is 0 Å². The third-order valence-corrected chi connectivity index (χ3v) is 2.30. The molecule has 0 rings (SSSR count). The number of nitrogens with two attached hydrogens (primary N) is 1. The monoisotopic (exact) mass is 230 g/mol. The molecule has 0 saturated heterocycles. The molecule has 0 aliphatic rings. The van der Waals surface area contributed by atoms with E-state index in [9.17, 15) is 4.79 Å². The maximum Gasteiger partial charge on any atom is 0.236 e. The summed E-state index contributed by atoms with van der Waals surface area (Å²) >= 11 is 0. The molecule has 4 nitrogen and oxygen atoms in total. The molecule has 0 heterocycles. The first kappa shape index (κ1) is 15.4. The zero-order valence-electron chi connectivity index (χ0n) is 10.8. The lowest BCUT2D eigenvalue weighted by Gasteiger charge is -2.18. The summed E-state index contributed by atoms with van der Waals surface area (Å²) in [5, 5.41) is 3.08. The molecule has 4 heteroatoms. The van der Waals surface area contributed by atoms with Gasteiger partial charge >= 0.3 is 0 Å². The number of hydrogen-bond donors (Lipinski definition) is 2. The van der Waals surface area contributed by atoms with Crippen molar-refractivity contribution in [1.29, 1.82) is 0 Å². The highest BCUT2D eigenvalue weighted by molar-refractivity contribution is 5.80. The van der Waals surface area contributed by atoms with Gasteiger partial charge in [0, 0.05) is 12.6 Å². The summed E-state index contributed by atoms with van der Waals surface area (Å²) in [6, 6.07) is -0.132. The molecule has 0 spiro atoms. The first-order chi connectivity index (χ1) is 7.57. The fourth-order valence-electron chi connectivity index (χ4n) is 1.45. The standard InChI is InChI=1S/C12H26N2O2/c1-4-5-6-7-8-16-9-11(12(13)15)14-10(2)3/h10-11,14H,4-9H2,1-3H3,(H2,13,15). The Morgan fingerprint density at radius 2 is 2.00 bits per heavy atom. The van der Waals surface area contributed by atoms with Gasteiger partial charge in [-0.1, -0.05) is 40.0 Å². The zero-order valence-corrected chi connectivity index (χ0v) is 10.8. The first-order valence-electron chi connectivity index (χ1n) is 6.21. The normalized spacial score (nSPS) is 13.0. The summed E-state index contributed by atoms with van der Waals surface area (Å²) in [5.74, 6) is -0.345. The van der Waals surface area contributed by atoms with E-state index in [1.807, 2.05) is 13.8 Å². The Bertz CT molecular complexity index is 184. The SMILES string of the molecule is CCCCCCOCC(NC(C)C)C(N)=O. The molecule has 0 aliphatic carbocycles. The van der Waals surface area contributed by atoms with Crippen LogP contribution in [0.25, 0.3) is 0 Å². The van der Waals surface area contributed by atoms with E-state index in [2.05, 4.69) is 12.2 Å². The van der Waals surface area contributed by atoms with Gasteiger partial charge < -0.3 is 15.8 Å². The number of unbranched alkanes of at least 4 members (excludes halogenated alkanes) is 3. The molecule has 96 valence electrons. The number of hydrogen-bond acceptors (Lipinski definition) is 3. The summed E-state index contributed by atoms with van der Waals surface area (Å²) < 4.78 is 5.44. The number of rotatable bonds is 10. The van der Waals surface area contributed by atoms with E-state index in [1.165, 1.54) is 19.3 Å². The Labute approximate surface area is 98.9 Å². The minimum absolute atomic E-state index is 0.237. The molecule has 0 saturated carbocycles. The highest BCUT2D eigenvalue weighted by Crippen LogP contribution is 1.99. The molecule has 1 unspecified atom stereocenters. The Balaban J connectivity index is 3.57. The average molecular weight is 230 g/mol. The fraction of sp³-hybridized carbons (Fsp3) is 0.917. The minimum Gasteiger partial charge on any atom is -0.379 e. The van der Waals surface area contributed by atoms with Gasteiger partial charge in [-0.3, -0.25) is 4.79 Å². The predicted octanol–water partition coefficient (Wildman–Crippen LogP) is 1.44. The highest BCUT2D eigenvalue weighted by Gasteiger charge is 2.15. The van der Waals surface area contributed by atoms with Gasteiger partial charge in [-0.15, -0.1) is 0 Å². The molecule has 0 aromatic heterocycles. The van der Waals surface area contributed by atoms with E-state index in [-0.39, 0.29) is 18.0 Å². The van der Waals surface area contributed by atoms with Crippen LogP contribution in [-0.4, -0.2) is 31.2 Å². The molecule has 0 aromatic carbocycles. The third kappa shape index (κ3) is 8.68. The second kappa shape index (κ2) is 9.60. The van der Waals surface area contributed by atoms with E-state index in [0.29, 0.717) is 13.2 Å². The largest absolute Gasteiger partial charge is 0.379 e. The molecule has 0 aromatic rings. The lowest BCUT2D eigenvalue weighted by atomic mass is 10.2. The summed E-state index contributed by atoms with van der Waals surface area (Å²) in [6.45, 7) is 7.23. The van der Waals surface area contributed by atoms with Crippen molar-refractivity contribution in [1.82, 2.24) is 5.32 Å². The van der Waals surface area contributed by atoms with E-state index in [1.54, 1.807) is 0 Å². The van der Waals surface area contributed by atoms with Crippen LogP contribution < -0.4 is 11.1 Å². The molecule has 1 atom stereocenters. The third-order valence-electron chi connectivity index (χ3n) is 2.30. The number of ether oxygens (including phenoxy) is 1. The van der Waals surface area contributed by atoms with Crippen LogP contribution >= 0.6 is 0 Å². The summed E-state index contributed by atoms with van der Waals surface area (Å²) in [5.41, 5.74) is 5.27. The highest BCUT2D eigenvalue weighted by atomic mass is 16.5. The fourth-order valence-corrected chi connectivity index (χ4v) is 1.45. The molecule has 0 radical (unpaired) electrons. The molecule has 16 heavy (non-hydrogen) atoms. The molecule has 0 bridgehead atoms. The predicted molar refractivity (Wildman–Crippen MR) is 66.2 cm³/mol. The minimum atomic E-state index is -0.369. The van der Waals surface area contributed by atoms with Gasteiger partial charge in [-0.2, -0.15) is 0 Å². The Morgan fingerprint density at radius 3 is 2.50 bits per heavy atom. The number of carbonyl (C=O) groups is 1. The second-order valence-electron chi connectivity index (χ2n) is 4.41. The van der Waals surface area contributed by atoms with E-state index in [0.717, 1.165) is 6.42 Å². The Morgan fingerprint density at radius 1 is 1.31 bits per heavy atom. The average Bonchev–Trinajstić information content (AvgIpc) is 2.20. The first-order valence-corrected chi connectivity index (χ1v) is 6.21. The van der Waals surface area contributed by atoms with Crippen LogP contribution in [0, 0.1) is 0 Å². The van der Waals surface area contributed by atoms with Crippen LogP contribution in [0.3, 0.4) is 0 Å². The van der Waals surface area contributed by atoms with E-state index >= 15 is 0 Å². The van der Waals surface area contributed by atoms with E-state index in [4.69, 9.17) is 10.5 Å². The van der Waals surface area contributed by atoms with Gasteiger partial charge in [-0.25, -0.2) is 0 Å². The van der Waals surface area contributed by atoms with Crippen molar-refractivity contribution in [3.63, 3.8) is 0 Å². The van der Waals surface area contributed by atoms with Gasteiger partial charge in [0.15, 0.2) is 0 Å². The molecule has 0 aliphatic heterocycles. The van der Waals surface area contributed by atoms with Crippen LogP contribution in [0.4, 0.5) is 0 Å². The maximum atomic E-state index is 11.1. The molecule has 1 amide bonds. The topological polar surface area (TPSA) is 64.3 Å². The number of amides is 1. The molecule has 3 N–H and O–H groups in total. The van der Waals surface area contributed by atoms with Crippen LogP contribution in [-0.2, 0) is 9.53 Å². The van der Waals surface area contributed by atoms with Gasteiger partial charge in [0.2, 0.25) is 5.91 Å². The van der Waals surface area contributed by atoms with Crippen LogP contribution in [0.15, 0.2) is 0 Å². The number of nitrogens with one attached hydrogen (secondary N) is 1. The van der Waals surface area contributed by atoms with Gasteiger partial charge in [-0.05, 0) is 6.42 Å². The Kier molecular flexibility index (Phi) is 9.24. The maximum absolute atomic E-state index is 11.1. The summed E-state index contributed by atoms with van der Waals surface area (Å²) in [6.07, 6.45) is 4.71. The van der Waals surface area contributed by atoms with E-state index < -0.39 is 0 Å². The van der Waals surface area contributed by atoms with Crippen molar-refractivity contribution in [3.05, 3.63) is 0 Å². The van der Waals surface area contributed by atoms with Crippen molar-refractivity contribution in [3.8, 4) is 0 Å².